The Bertz CT molecular complexity index is 2000. The molecule has 1 aromatic heterocycles. The van der Waals surface area contributed by atoms with Crippen molar-refractivity contribution in [2.75, 3.05) is 6.61 Å². The number of phenols is 5. The van der Waals surface area contributed by atoms with Gasteiger partial charge in [-0.05, 0) is 55.2 Å². The third-order valence-electron chi connectivity index (χ3n) is 9.19. The Balaban J connectivity index is 0.000000438. The second-order valence-electron chi connectivity index (χ2n) is 13.5. The standard InChI is InChI=1S/C27H30O16.C10H14O/c1-8-17(32)20(35)22(37)26(40-8)39-7-15-18(33)21(36)23(38)27(42-15)43-25-19(34)16-13(31)5-10(28)6-14(16)41-24(25)9-2-3-11(29)12(30)4-9;1-7(2)9-5-4-8(3)10(11)6-9/h2-6,8,15,17-18,20-23,26-33,35-38H,7H2,1H3;4-7,11H,1-3H3/t8-,15+,17-,18+,20+,21-,22+,23+,26+,27-;/m0./s1. The quantitative estimate of drug-likeness (QED) is 0.118. The predicted octanol–water partition coefficient (Wildman–Crippen LogP) is 1.14. The van der Waals surface area contributed by atoms with Crippen LogP contribution in [0.1, 0.15) is 37.8 Å². The second kappa shape index (κ2) is 16.4. The fourth-order valence-corrected chi connectivity index (χ4v) is 5.82. The molecule has 0 unspecified atom stereocenters. The molecule has 0 bridgehead atoms. The first-order valence-electron chi connectivity index (χ1n) is 16.9. The normalized spacial score (nSPS) is 28.4. The topological polar surface area (TPSA) is 290 Å². The minimum absolute atomic E-state index is 0.0313. The number of benzene rings is 3. The molecule has 0 saturated carbocycles. The Kier molecular flexibility index (Phi) is 12.3. The van der Waals surface area contributed by atoms with Gasteiger partial charge < -0.3 is 79.5 Å². The molecule has 17 nitrogen and oxygen atoms in total. The lowest BCUT2D eigenvalue weighted by atomic mass is 9.98. The number of aromatic hydroxyl groups is 5. The molecule has 3 heterocycles. The minimum atomic E-state index is -1.97. The predicted molar refractivity (Wildman–Crippen MR) is 187 cm³/mol. The molecule has 2 fully saturated rings. The summed E-state index contributed by atoms with van der Waals surface area (Å²) >= 11 is 0. The maximum absolute atomic E-state index is 13.6. The lowest BCUT2D eigenvalue weighted by molar-refractivity contribution is -0.318. The van der Waals surface area contributed by atoms with Crippen LogP contribution >= 0.6 is 0 Å². The van der Waals surface area contributed by atoms with E-state index >= 15 is 0 Å². The largest absolute Gasteiger partial charge is 0.508 e. The van der Waals surface area contributed by atoms with Crippen molar-refractivity contribution >= 4 is 11.0 Å². The summed E-state index contributed by atoms with van der Waals surface area (Å²) in [6.07, 6.45) is -16.2. The van der Waals surface area contributed by atoms with E-state index in [1.165, 1.54) is 18.6 Å². The van der Waals surface area contributed by atoms with Gasteiger partial charge in [0.15, 0.2) is 23.5 Å². The van der Waals surface area contributed by atoms with Crippen LogP contribution in [0, 0.1) is 6.92 Å². The maximum Gasteiger partial charge on any atom is 0.239 e. The van der Waals surface area contributed by atoms with Crippen molar-refractivity contribution in [2.24, 2.45) is 0 Å². The van der Waals surface area contributed by atoms with E-state index in [0.29, 0.717) is 11.7 Å². The lowest BCUT2D eigenvalue weighted by Crippen LogP contribution is -2.61. The molecule has 0 amide bonds. The van der Waals surface area contributed by atoms with E-state index in [2.05, 4.69) is 19.9 Å². The highest BCUT2D eigenvalue weighted by Gasteiger charge is 2.48. The van der Waals surface area contributed by atoms with Crippen molar-refractivity contribution in [2.45, 2.75) is 95.0 Å². The smallest absolute Gasteiger partial charge is 0.239 e. The Labute approximate surface area is 307 Å². The van der Waals surface area contributed by atoms with E-state index in [1.807, 2.05) is 19.1 Å². The monoisotopic (exact) mass is 760 g/mol. The average molecular weight is 761 g/mol. The molecule has 10 atom stereocenters. The number of ether oxygens (including phenoxy) is 4. The Hall–Kier alpha value is -4.69. The molecule has 0 radical (unpaired) electrons. The molecule has 4 aromatic rings. The molecule has 294 valence electrons. The van der Waals surface area contributed by atoms with Gasteiger partial charge in [-0.15, -0.1) is 0 Å². The fraction of sp³-hybridized carbons (Fsp3) is 0.432. The number of aryl methyl sites for hydroxylation is 1. The van der Waals surface area contributed by atoms with Gasteiger partial charge in [-0.2, -0.15) is 0 Å². The number of rotatable bonds is 7. The van der Waals surface area contributed by atoms with E-state index in [9.17, 15) is 61.0 Å². The van der Waals surface area contributed by atoms with E-state index in [4.69, 9.17) is 23.4 Å². The van der Waals surface area contributed by atoms with Gasteiger partial charge in [-0.3, -0.25) is 4.79 Å². The lowest BCUT2D eigenvalue weighted by Gasteiger charge is -2.42. The third-order valence-corrected chi connectivity index (χ3v) is 9.19. The SMILES string of the molecule is C[C@@H]1O[C@@H](OC[C@H]2O[C@@H](Oc3c(-c4ccc(O)c(O)c4)oc4cc(O)cc(O)c4c3=O)[C@H](O)[C@@H](O)[C@@H]2O)[C@H](O)[C@H](O)[C@H]1O.Cc1ccc(C(C)C)cc1O. The van der Waals surface area contributed by atoms with Crippen molar-refractivity contribution in [3.05, 3.63) is 69.9 Å². The third kappa shape index (κ3) is 8.34. The first-order chi connectivity index (χ1) is 25.4. The summed E-state index contributed by atoms with van der Waals surface area (Å²) in [7, 11) is 0. The first-order valence-corrected chi connectivity index (χ1v) is 16.9. The Morgan fingerprint density at radius 2 is 1.37 bits per heavy atom. The van der Waals surface area contributed by atoms with Crippen LogP contribution in [0.3, 0.4) is 0 Å². The molecule has 0 aliphatic carbocycles. The first kappa shape index (κ1) is 40.5. The van der Waals surface area contributed by atoms with Crippen LogP contribution < -0.4 is 10.2 Å². The van der Waals surface area contributed by atoms with Gasteiger partial charge in [-0.25, -0.2) is 0 Å². The summed E-state index contributed by atoms with van der Waals surface area (Å²) in [5.41, 5.74) is 0.779. The molecule has 3 aromatic carbocycles. The Morgan fingerprint density at radius 3 is 2.02 bits per heavy atom. The number of aliphatic hydroxyl groups excluding tert-OH is 6. The Morgan fingerprint density at radius 1 is 0.704 bits per heavy atom. The molecule has 0 spiro atoms. The number of hydrogen-bond acceptors (Lipinski definition) is 17. The average Bonchev–Trinajstić information content (AvgIpc) is 3.12. The van der Waals surface area contributed by atoms with Gasteiger partial charge in [0.25, 0.3) is 0 Å². The number of hydrogen-bond donors (Lipinski definition) is 11. The van der Waals surface area contributed by atoms with Gasteiger partial charge in [0, 0.05) is 17.7 Å². The highest BCUT2D eigenvalue weighted by molar-refractivity contribution is 5.88. The zero-order chi connectivity index (χ0) is 39.8. The van der Waals surface area contributed by atoms with Crippen LogP contribution in [-0.4, -0.2) is 124 Å². The van der Waals surface area contributed by atoms with Gasteiger partial charge in [0.1, 0.15) is 70.9 Å². The fourth-order valence-electron chi connectivity index (χ4n) is 5.82. The van der Waals surface area contributed by atoms with Gasteiger partial charge in [0.05, 0.1) is 12.7 Å². The minimum Gasteiger partial charge on any atom is -0.508 e. The van der Waals surface area contributed by atoms with Crippen molar-refractivity contribution in [3.63, 3.8) is 0 Å². The second-order valence-corrected chi connectivity index (χ2v) is 13.5. The number of aliphatic hydroxyl groups is 6. The molecule has 2 saturated heterocycles. The van der Waals surface area contributed by atoms with E-state index in [0.717, 1.165) is 29.8 Å². The number of fused-ring (bicyclic) bond motifs is 1. The zero-order valence-corrected chi connectivity index (χ0v) is 29.5. The molecule has 54 heavy (non-hydrogen) atoms. The van der Waals surface area contributed by atoms with E-state index < -0.39 is 113 Å². The van der Waals surface area contributed by atoms with E-state index in [-0.39, 0.29) is 11.1 Å². The van der Waals surface area contributed by atoms with Crippen LogP contribution in [0.25, 0.3) is 22.3 Å². The molecular formula is C37H44O17. The van der Waals surface area contributed by atoms with Gasteiger partial charge in [0.2, 0.25) is 17.5 Å². The van der Waals surface area contributed by atoms with Crippen LogP contribution in [-0.2, 0) is 14.2 Å². The molecule has 6 rings (SSSR count). The van der Waals surface area contributed by atoms with Gasteiger partial charge in [-0.1, -0.05) is 26.0 Å². The van der Waals surface area contributed by atoms with E-state index in [1.54, 1.807) is 0 Å². The van der Waals surface area contributed by atoms with Crippen LogP contribution in [0.5, 0.6) is 34.5 Å². The summed E-state index contributed by atoms with van der Waals surface area (Å²) in [6.45, 7) is 6.95. The summed E-state index contributed by atoms with van der Waals surface area (Å²) in [5.74, 6) is -2.44. The summed E-state index contributed by atoms with van der Waals surface area (Å²) < 4.78 is 27.8. The van der Waals surface area contributed by atoms with Crippen molar-refractivity contribution < 1.29 is 79.5 Å². The molecule has 11 N–H and O–H groups in total. The van der Waals surface area contributed by atoms with Gasteiger partial charge >= 0.3 is 0 Å². The molecular weight excluding hydrogens is 716 g/mol. The van der Waals surface area contributed by atoms with Crippen LogP contribution in [0.2, 0.25) is 0 Å². The highest BCUT2D eigenvalue weighted by Crippen LogP contribution is 2.39. The number of phenolic OH excluding ortho intramolecular Hbond substituents is 5. The maximum atomic E-state index is 13.6. The molecule has 17 heteroatoms. The molecule has 2 aliphatic heterocycles. The summed E-state index contributed by atoms with van der Waals surface area (Å²) in [5, 5.41) is 111. The van der Waals surface area contributed by atoms with Crippen molar-refractivity contribution in [1.29, 1.82) is 0 Å². The molecule has 2 aliphatic rings. The van der Waals surface area contributed by atoms with Crippen molar-refractivity contribution in [3.8, 4) is 45.8 Å². The highest BCUT2D eigenvalue weighted by atomic mass is 16.7. The summed E-state index contributed by atoms with van der Waals surface area (Å²) in [4.78, 5) is 13.6. The van der Waals surface area contributed by atoms with Crippen LogP contribution in [0.15, 0.2) is 57.7 Å². The van der Waals surface area contributed by atoms with Crippen molar-refractivity contribution in [1.82, 2.24) is 0 Å². The summed E-state index contributed by atoms with van der Waals surface area (Å²) in [6, 6.07) is 11.1. The van der Waals surface area contributed by atoms with Crippen LogP contribution in [0.4, 0.5) is 0 Å². The zero-order valence-electron chi connectivity index (χ0n) is 29.5.